The molecular formula is C14H12N2O3S. The van der Waals surface area contributed by atoms with Gasteiger partial charge in [-0.05, 0) is 18.2 Å². The van der Waals surface area contributed by atoms with Crippen molar-refractivity contribution in [1.82, 2.24) is 9.97 Å². The Labute approximate surface area is 119 Å². The molecule has 2 heterocycles. The van der Waals surface area contributed by atoms with Crippen LogP contribution in [0, 0.1) is 0 Å². The Morgan fingerprint density at radius 2 is 2.30 bits per heavy atom. The molecule has 0 atom stereocenters. The zero-order valence-corrected chi connectivity index (χ0v) is 11.6. The summed E-state index contributed by atoms with van der Waals surface area (Å²) in [4.78, 5) is 19.0. The van der Waals surface area contributed by atoms with Crippen LogP contribution in [-0.4, -0.2) is 23.0 Å². The molecule has 0 saturated heterocycles. The van der Waals surface area contributed by atoms with Crippen molar-refractivity contribution in [3.63, 3.8) is 0 Å². The number of methoxy groups -OCH3 is 1. The van der Waals surface area contributed by atoms with Gasteiger partial charge in [0, 0.05) is 28.5 Å². The molecule has 1 N–H and O–H groups in total. The molecule has 1 aromatic carbocycles. The van der Waals surface area contributed by atoms with Gasteiger partial charge in [-0.1, -0.05) is 0 Å². The smallest absolute Gasteiger partial charge is 0.355 e. The molecule has 0 fully saturated rings. The molecule has 0 saturated carbocycles. The van der Waals surface area contributed by atoms with Gasteiger partial charge in [0.05, 0.1) is 7.11 Å². The molecular weight excluding hydrogens is 276 g/mol. The lowest BCUT2D eigenvalue weighted by Crippen LogP contribution is -2.05. The highest BCUT2D eigenvalue weighted by Gasteiger charge is 2.12. The summed E-state index contributed by atoms with van der Waals surface area (Å²) in [6.07, 6.45) is 1.68. The van der Waals surface area contributed by atoms with Crippen LogP contribution in [-0.2, 0) is 11.3 Å². The van der Waals surface area contributed by atoms with Crippen LogP contribution in [0.5, 0.6) is 5.75 Å². The summed E-state index contributed by atoms with van der Waals surface area (Å²) in [6.45, 7) is 0.190. The predicted molar refractivity (Wildman–Crippen MR) is 76.1 cm³/mol. The van der Waals surface area contributed by atoms with Crippen LogP contribution in [0.1, 0.15) is 15.5 Å². The number of H-pyrrole nitrogens is 1. The van der Waals surface area contributed by atoms with Crippen LogP contribution in [0.15, 0.2) is 35.8 Å². The molecule has 2 aromatic heterocycles. The molecule has 6 heteroatoms. The normalized spacial score (nSPS) is 10.7. The number of fused-ring (bicyclic) bond motifs is 1. The number of hydrogen-bond donors (Lipinski definition) is 1. The molecule has 0 unspecified atom stereocenters. The molecule has 0 spiro atoms. The first-order valence-corrected chi connectivity index (χ1v) is 6.86. The summed E-state index contributed by atoms with van der Waals surface area (Å²) in [6, 6.07) is 7.34. The monoisotopic (exact) mass is 288 g/mol. The van der Waals surface area contributed by atoms with Crippen molar-refractivity contribution in [2.45, 2.75) is 6.61 Å². The lowest BCUT2D eigenvalue weighted by atomic mass is 10.2. The summed E-state index contributed by atoms with van der Waals surface area (Å²) < 4.78 is 10.4. The average Bonchev–Trinajstić information content (AvgIpc) is 3.12. The number of carbonyl (C=O) groups is 1. The molecule has 0 amide bonds. The molecule has 20 heavy (non-hydrogen) atoms. The Balaban J connectivity index is 1.77. The highest BCUT2D eigenvalue weighted by atomic mass is 32.1. The van der Waals surface area contributed by atoms with Crippen molar-refractivity contribution >= 4 is 28.2 Å². The van der Waals surface area contributed by atoms with E-state index in [1.807, 2.05) is 23.6 Å². The van der Waals surface area contributed by atoms with Crippen LogP contribution in [0.4, 0.5) is 0 Å². The first kappa shape index (κ1) is 12.7. The lowest BCUT2D eigenvalue weighted by molar-refractivity contribution is 0.0466. The van der Waals surface area contributed by atoms with E-state index in [0.717, 1.165) is 21.7 Å². The number of carbonyl (C=O) groups excluding carboxylic acids is 1. The van der Waals surface area contributed by atoms with Crippen molar-refractivity contribution in [2.24, 2.45) is 0 Å². The first-order chi connectivity index (χ1) is 9.76. The third-order valence-corrected chi connectivity index (χ3v) is 3.61. The average molecular weight is 288 g/mol. The van der Waals surface area contributed by atoms with Crippen LogP contribution in [0.25, 0.3) is 10.9 Å². The van der Waals surface area contributed by atoms with Crippen LogP contribution in [0.3, 0.4) is 0 Å². The minimum absolute atomic E-state index is 0.190. The van der Waals surface area contributed by atoms with Gasteiger partial charge in [-0.15, -0.1) is 11.3 Å². The third-order valence-electron chi connectivity index (χ3n) is 2.86. The number of benzene rings is 1. The highest BCUT2D eigenvalue weighted by Crippen LogP contribution is 2.21. The standard InChI is InChI=1S/C14H12N2O3S/c1-18-10-3-2-9-6-12(16-11(9)7-10)14(17)19-8-13-15-4-5-20-13/h2-7,16H,8H2,1H3. The number of rotatable bonds is 4. The summed E-state index contributed by atoms with van der Waals surface area (Å²) in [7, 11) is 1.60. The van der Waals surface area contributed by atoms with Crippen molar-refractivity contribution in [2.75, 3.05) is 7.11 Å². The second-order valence-electron chi connectivity index (χ2n) is 4.14. The fraction of sp³-hybridized carbons (Fsp3) is 0.143. The quantitative estimate of drug-likeness (QED) is 0.750. The second kappa shape index (κ2) is 5.34. The maximum absolute atomic E-state index is 12.0. The Morgan fingerprint density at radius 3 is 3.05 bits per heavy atom. The van der Waals surface area contributed by atoms with E-state index in [4.69, 9.17) is 9.47 Å². The first-order valence-electron chi connectivity index (χ1n) is 5.98. The van der Waals surface area contributed by atoms with Gasteiger partial charge >= 0.3 is 5.97 Å². The molecule has 0 aliphatic heterocycles. The molecule has 102 valence electrons. The Kier molecular flexibility index (Phi) is 3.39. The van der Waals surface area contributed by atoms with Crippen molar-refractivity contribution < 1.29 is 14.3 Å². The molecule has 5 nitrogen and oxygen atoms in total. The van der Waals surface area contributed by atoms with E-state index >= 15 is 0 Å². The zero-order chi connectivity index (χ0) is 13.9. The summed E-state index contributed by atoms with van der Waals surface area (Å²) >= 11 is 1.45. The van der Waals surface area contributed by atoms with Crippen LogP contribution < -0.4 is 4.74 Å². The number of esters is 1. The fourth-order valence-electron chi connectivity index (χ4n) is 1.87. The topological polar surface area (TPSA) is 64.2 Å². The lowest BCUT2D eigenvalue weighted by Gasteiger charge is -2.00. The Hall–Kier alpha value is -2.34. The summed E-state index contributed by atoms with van der Waals surface area (Å²) in [5, 5.41) is 3.56. The molecule has 0 aliphatic rings. The second-order valence-corrected chi connectivity index (χ2v) is 5.12. The molecule has 0 aliphatic carbocycles. The number of aromatic nitrogens is 2. The number of thiazole rings is 1. The Bertz CT molecular complexity index is 734. The number of ether oxygens (including phenoxy) is 2. The van der Waals surface area contributed by atoms with E-state index in [2.05, 4.69) is 9.97 Å². The molecule has 3 rings (SSSR count). The zero-order valence-electron chi connectivity index (χ0n) is 10.8. The SMILES string of the molecule is COc1ccc2cc(C(=O)OCc3nccs3)[nH]c2c1. The minimum Gasteiger partial charge on any atom is -0.497 e. The molecule has 0 radical (unpaired) electrons. The van der Waals surface area contributed by atoms with Crippen LogP contribution >= 0.6 is 11.3 Å². The van der Waals surface area contributed by atoms with Crippen LogP contribution in [0.2, 0.25) is 0 Å². The van der Waals surface area contributed by atoms with E-state index in [1.54, 1.807) is 19.4 Å². The maximum Gasteiger partial charge on any atom is 0.355 e. The van der Waals surface area contributed by atoms with E-state index in [-0.39, 0.29) is 6.61 Å². The number of nitrogens with one attached hydrogen (secondary N) is 1. The largest absolute Gasteiger partial charge is 0.497 e. The Morgan fingerprint density at radius 1 is 1.40 bits per heavy atom. The van der Waals surface area contributed by atoms with Gasteiger partial charge in [-0.25, -0.2) is 9.78 Å². The van der Waals surface area contributed by atoms with Crippen molar-refractivity contribution in [1.29, 1.82) is 0 Å². The highest BCUT2D eigenvalue weighted by molar-refractivity contribution is 7.09. The summed E-state index contributed by atoms with van der Waals surface area (Å²) in [5.41, 5.74) is 1.26. The van der Waals surface area contributed by atoms with Gasteiger partial charge < -0.3 is 14.5 Å². The van der Waals surface area contributed by atoms with E-state index < -0.39 is 5.97 Å². The molecule has 0 bridgehead atoms. The minimum atomic E-state index is -0.393. The summed E-state index contributed by atoms with van der Waals surface area (Å²) in [5.74, 6) is 0.345. The van der Waals surface area contributed by atoms with E-state index in [9.17, 15) is 4.79 Å². The predicted octanol–water partition coefficient (Wildman–Crippen LogP) is 2.99. The van der Waals surface area contributed by atoms with Gasteiger partial charge in [-0.3, -0.25) is 0 Å². The van der Waals surface area contributed by atoms with E-state index in [0.29, 0.717) is 5.69 Å². The number of nitrogens with zero attached hydrogens (tertiary/aromatic N) is 1. The van der Waals surface area contributed by atoms with Crippen molar-refractivity contribution in [3.8, 4) is 5.75 Å². The maximum atomic E-state index is 12.0. The van der Waals surface area contributed by atoms with Gasteiger partial charge in [0.25, 0.3) is 0 Å². The fourth-order valence-corrected chi connectivity index (χ4v) is 2.40. The third kappa shape index (κ3) is 2.50. The molecule has 3 aromatic rings. The number of hydrogen-bond acceptors (Lipinski definition) is 5. The number of aromatic amines is 1. The van der Waals surface area contributed by atoms with E-state index in [1.165, 1.54) is 11.3 Å². The van der Waals surface area contributed by atoms with Crippen molar-refractivity contribution in [3.05, 3.63) is 46.5 Å². The van der Waals surface area contributed by atoms with Gasteiger partial charge in [-0.2, -0.15) is 0 Å². The van der Waals surface area contributed by atoms with Gasteiger partial charge in [0.2, 0.25) is 0 Å². The van der Waals surface area contributed by atoms with Gasteiger partial charge in [0.1, 0.15) is 23.1 Å². The van der Waals surface area contributed by atoms with Gasteiger partial charge in [0.15, 0.2) is 0 Å².